The molecular formula is C32H37N9O3. The number of amides is 2. The zero-order valence-corrected chi connectivity index (χ0v) is 24.8. The number of aliphatic hydroxyl groups excluding tert-OH is 1. The highest BCUT2D eigenvalue weighted by molar-refractivity contribution is 5.94. The molecule has 0 bridgehead atoms. The van der Waals surface area contributed by atoms with Crippen LogP contribution in [0.15, 0.2) is 55.0 Å². The molecule has 0 saturated carbocycles. The second-order valence-electron chi connectivity index (χ2n) is 12.0. The molecule has 2 amide bonds. The smallest absolute Gasteiger partial charge is 0.272 e. The van der Waals surface area contributed by atoms with Crippen LogP contribution in [0.5, 0.6) is 0 Å². The molecule has 12 heteroatoms. The highest BCUT2D eigenvalue weighted by atomic mass is 16.3. The van der Waals surface area contributed by atoms with E-state index in [0.29, 0.717) is 48.9 Å². The lowest BCUT2D eigenvalue weighted by molar-refractivity contribution is -0.129. The highest BCUT2D eigenvalue weighted by Gasteiger charge is 2.36. The number of aromatic nitrogens is 5. The number of nitrogens with zero attached hydrogens (tertiary/aromatic N) is 8. The monoisotopic (exact) mass is 595 g/mol. The minimum absolute atomic E-state index is 0.00277. The van der Waals surface area contributed by atoms with Crippen LogP contribution in [0.1, 0.15) is 47.8 Å². The molecule has 0 radical (unpaired) electrons. The van der Waals surface area contributed by atoms with Gasteiger partial charge in [0.25, 0.3) is 5.91 Å². The van der Waals surface area contributed by atoms with Crippen LogP contribution < -0.4 is 5.32 Å². The maximum atomic E-state index is 14.0. The van der Waals surface area contributed by atoms with Gasteiger partial charge in [0.1, 0.15) is 17.8 Å². The number of pyridine rings is 1. The molecule has 2 N–H and O–H groups in total. The Morgan fingerprint density at radius 2 is 1.75 bits per heavy atom. The molecule has 228 valence electrons. The van der Waals surface area contributed by atoms with Gasteiger partial charge in [-0.05, 0) is 48.9 Å². The van der Waals surface area contributed by atoms with Gasteiger partial charge in [0.05, 0.1) is 11.7 Å². The Morgan fingerprint density at radius 1 is 0.955 bits per heavy atom. The number of carbonyl (C=O) groups excluding carboxylic acids is 2. The number of nitrogens with one attached hydrogen (secondary N) is 1. The number of hydrogen-bond acceptors (Lipinski definition) is 9. The first-order valence-electron chi connectivity index (χ1n) is 15.4. The molecule has 2 fully saturated rings. The van der Waals surface area contributed by atoms with E-state index in [9.17, 15) is 14.7 Å². The Morgan fingerprint density at radius 3 is 2.55 bits per heavy atom. The van der Waals surface area contributed by atoms with Crippen molar-refractivity contribution in [3.63, 3.8) is 0 Å². The fourth-order valence-electron chi connectivity index (χ4n) is 6.81. The predicted molar refractivity (Wildman–Crippen MR) is 164 cm³/mol. The van der Waals surface area contributed by atoms with Crippen molar-refractivity contribution in [2.45, 2.75) is 57.3 Å². The first-order chi connectivity index (χ1) is 21.4. The molecule has 7 rings (SSSR count). The molecule has 44 heavy (non-hydrogen) atoms. The highest BCUT2D eigenvalue weighted by Crippen LogP contribution is 2.28. The summed E-state index contributed by atoms with van der Waals surface area (Å²) in [7, 11) is 0. The van der Waals surface area contributed by atoms with Crippen molar-refractivity contribution >= 4 is 23.3 Å². The lowest BCUT2D eigenvalue weighted by Crippen LogP contribution is -2.56. The lowest BCUT2D eigenvalue weighted by Gasteiger charge is -2.43. The molecule has 2 saturated heterocycles. The van der Waals surface area contributed by atoms with Crippen LogP contribution in [-0.2, 0) is 17.8 Å². The number of carbonyl (C=O) groups is 2. The van der Waals surface area contributed by atoms with E-state index in [1.807, 2.05) is 17.0 Å². The Hall–Kier alpha value is -4.42. The molecule has 0 spiro atoms. The fraction of sp³-hybridized carbons (Fsp3) is 0.438. The van der Waals surface area contributed by atoms with Crippen LogP contribution in [0.3, 0.4) is 0 Å². The number of piperidine rings is 2. The molecule has 4 aromatic rings. The SMILES string of the molecule is CC(=O)N1CCC(Nc2cc(C(=O)N3CC[C@@H](N4CCc5ccccc5C4)[C@H](O)C3)nc(-c3cccn4ncnc34)n2)CC1. The van der Waals surface area contributed by atoms with Crippen LogP contribution in [0.25, 0.3) is 17.0 Å². The molecular weight excluding hydrogens is 558 g/mol. The van der Waals surface area contributed by atoms with E-state index in [1.54, 1.807) is 28.6 Å². The lowest BCUT2D eigenvalue weighted by atomic mass is 9.94. The molecule has 12 nitrogen and oxygen atoms in total. The van der Waals surface area contributed by atoms with Crippen molar-refractivity contribution in [1.82, 2.24) is 39.3 Å². The van der Waals surface area contributed by atoms with Crippen LogP contribution in [0.4, 0.5) is 5.82 Å². The van der Waals surface area contributed by atoms with Gasteiger partial charge in [-0.25, -0.2) is 19.5 Å². The standard InChI is InChI=1S/C32H37N9O3/c1-21(42)38-14-9-24(10-15-38)35-29-17-26(36-30(37-29)25-7-4-12-41-31(25)33-20-34-41)32(44)40-16-11-27(28(43)19-40)39-13-8-22-5-2-3-6-23(22)18-39/h2-7,12,17,20,24,27-28,43H,8-11,13-16,18-19H2,1H3,(H,35,36,37)/t27-,28-/m1/s1. The number of hydrogen-bond donors (Lipinski definition) is 2. The van der Waals surface area contributed by atoms with Gasteiger partial charge in [-0.15, -0.1) is 0 Å². The molecule has 3 aliphatic heterocycles. The average Bonchev–Trinajstić information content (AvgIpc) is 3.54. The van der Waals surface area contributed by atoms with Crippen molar-refractivity contribution in [1.29, 1.82) is 0 Å². The van der Waals surface area contributed by atoms with Crippen molar-refractivity contribution in [2.24, 2.45) is 0 Å². The van der Waals surface area contributed by atoms with E-state index in [0.717, 1.165) is 32.4 Å². The van der Waals surface area contributed by atoms with Gasteiger partial charge in [0.15, 0.2) is 11.5 Å². The van der Waals surface area contributed by atoms with E-state index in [-0.39, 0.29) is 36.1 Å². The molecule has 0 unspecified atom stereocenters. The molecule has 0 aliphatic carbocycles. The number of benzene rings is 1. The zero-order chi connectivity index (χ0) is 30.2. The number of anilines is 1. The number of β-amino-alcohol motifs (C(OH)–C–C–N with tert-alkyl or cyclic N) is 1. The first kappa shape index (κ1) is 28.4. The van der Waals surface area contributed by atoms with Gasteiger partial charge in [-0.1, -0.05) is 24.3 Å². The van der Waals surface area contributed by atoms with Gasteiger partial charge < -0.3 is 20.2 Å². The summed E-state index contributed by atoms with van der Waals surface area (Å²) in [5.41, 5.74) is 4.21. The number of aliphatic hydroxyl groups is 1. The largest absolute Gasteiger partial charge is 0.390 e. The molecule has 6 heterocycles. The second kappa shape index (κ2) is 11.9. The summed E-state index contributed by atoms with van der Waals surface area (Å²) in [5, 5.41) is 19.0. The van der Waals surface area contributed by atoms with Gasteiger partial charge in [0, 0.05) is 70.5 Å². The van der Waals surface area contributed by atoms with Crippen LogP contribution in [-0.4, -0.2) is 107 Å². The van der Waals surface area contributed by atoms with Crippen molar-refractivity contribution in [3.05, 3.63) is 71.8 Å². The maximum absolute atomic E-state index is 14.0. The summed E-state index contributed by atoms with van der Waals surface area (Å²) in [6, 6.07) is 14.0. The minimum Gasteiger partial charge on any atom is -0.390 e. The minimum atomic E-state index is -0.659. The third-order valence-electron chi connectivity index (χ3n) is 9.25. The average molecular weight is 596 g/mol. The Kier molecular flexibility index (Phi) is 7.69. The normalized spacial score (nSPS) is 21.3. The fourth-order valence-corrected chi connectivity index (χ4v) is 6.81. The van der Waals surface area contributed by atoms with E-state index in [1.165, 1.54) is 17.5 Å². The van der Waals surface area contributed by atoms with Crippen molar-refractivity contribution < 1.29 is 14.7 Å². The van der Waals surface area contributed by atoms with Gasteiger partial charge in [0.2, 0.25) is 5.91 Å². The number of rotatable bonds is 5. The summed E-state index contributed by atoms with van der Waals surface area (Å²) >= 11 is 0. The third-order valence-corrected chi connectivity index (χ3v) is 9.25. The summed E-state index contributed by atoms with van der Waals surface area (Å²) in [4.78, 5) is 45.6. The maximum Gasteiger partial charge on any atom is 0.272 e. The van der Waals surface area contributed by atoms with Crippen LogP contribution >= 0.6 is 0 Å². The summed E-state index contributed by atoms with van der Waals surface area (Å²) < 4.78 is 1.65. The molecule has 3 aromatic heterocycles. The third kappa shape index (κ3) is 5.62. The van der Waals surface area contributed by atoms with E-state index in [2.05, 4.69) is 44.6 Å². The van der Waals surface area contributed by atoms with Gasteiger partial charge >= 0.3 is 0 Å². The summed E-state index contributed by atoms with van der Waals surface area (Å²) in [6.07, 6.45) is 5.83. The van der Waals surface area contributed by atoms with E-state index < -0.39 is 6.10 Å². The Labute approximate surface area is 255 Å². The van der Waals surface area contributed by atoms with E-state index in [4.69, 9.17) is 9.97 Å². The van der Waals surface area contributed by atoms with Crippen molar-refractivity contribution in [2.75, 3.05) is 38.0 Å². The predicted octanol–water partition coefficient (Wildman–Crippen LogP) is 2.24. The van der Waals surface area contributed by atoms with E-state index >= 15 is 0 Å². The molecule has 2 atom stereocenters. The zero-order valence-electron chi connectivity index (χ0n) is 24.8. The quantitative estimate of drug-likeness (QED) is 0.357. The number of fused-ring (bicyclic) bond motifs is 2. The Bertz CT molecular complexity index is 1680. The van der Waals surface area contributed by atoms with Gasteiger partial charge in [-0.3, -0.25) is 14.5 Å². The Balaban J connectivity index is 1.12. The first-order valence-corrected chi connectivity index (χ1v) is 15.4. The summed E-state index contributed by atoms with van der Waals surface area (Å²) in [6.45, 7) is 5.43. The topological polar surface area (TPSA) is 132 Å². The second-order valence-corrected chi connectivity index (χ2v) is 12.0. The molecule has 1 aromatic carbocycles. The number of likely N-dealkylation sites (tertiary alicyclic amines) is 2. The van der Waals surface area contributed by atoms with Crippen molar-refractivity contribution in [3.8, 4) is 11.4 Å². The summed E-state index contributed by atoms with van der Waals surface area (Å²) in [5.74, 6) is 0.764. The van der Waals surface area contributed by atoms with Crippen LogP contribution in [0.2, 0.25) is 0 Å². The van der Waals surface area contributed by atoms with Crippen LogP contribution in [0, 0.1) is 0 Å². The van der Waals surface area contributed by atoms with Gasteiger partial charge in [-0.2, -0.15) is 5.10 Å². The molecule has 3 aliphatic rings.